The van der Waals surface area contributed by atoms with Gasteiger partial charge >= 0.3 is 0 Å². The number of hydrogen-bond acceptors (Lipinski definition) is 3. The largest absolute Gasteiger partial charge is 0.356 e. The van der Waals surface area contributed by atoms with E-state index in [-0.39, 0.29) is 23.8 Å². The monoisotopic (exact) mass is 428 g/mol. The average molecular weight is 429 g/mol. The first-order chi connectivity index (χ1) is 12.7. The molecule has 2 N–H and O–H groups in total. The van der Waals surface area contributed by atoms with Crippen molar-refractivity contribution in [2.75, 3.05) is 13.1 Å². The standard InChI is InChI=1S/C19H22Cl2N2O3S/c1-13-3-6-17(11-14(13)2)27(25,26)23-10-8-19(24)22-9-7-15-4-5-16(20)12-18(15)21/h3-6,11-12,23H,7-10H2,1-2H3,(H,22,24). The third-order valence-corrected chi connectivity index (χ3v) is 6.21. The van der Waals surface area contributed by atoms with E-state index in [4.69, 9.17) is 23.2 Å². The molecule has 0 heterocycles. The van der Waals surface area contributed by atoms with Crippen LogP contribution in [0, 0.1) is 13.8 Å². The van der Waals surface area contributed by atoms with Crippen LogP contribution in [0.25, 0.3) is 0 Å². The number of rotatable bonds is 8. The predicted octanol–water partition coefficient (Wildman–Crippen LogP) is 3.64. The topological polar surface area (TPSA) is 75.3 Å². The molecule has 0 atom stereocenters. The predicted molar refractivity (Wildman–Crippen MR) is 109 cm³/mol. The van der Waals surface area contributed by atoms with Gasteiger partial charge in [-0.3, -0.25) is 4.79 Å². The third kappa shape index (κ3) is 6.50. The zero-order valence-corrected chi connectivity index (χ0v) is 17.5. The molecule has 0 bridgehead atoms. The maximum atomic E-state index is 12.3. The van der Waals surface area contributed by atoms with E-state index in [0.29, 0.717) is 23.0 Å². The number of halogens is 2. The second-order valence-corrected chi connectivity index (χ2v) is 8.84. The van der Waals surface area contributed by atoms with E-state index in [2.05, 4.69) is 10.0 Å². The Balaban J connectivity index is 1.77. The highest BCUT2D eigenvalue weighted by Gasteiger charge is 2.14. The molecule has 0 aliphatic rings. The lowest BCUT2D eigenvalue weighted by Gasteiger charge is -2.09. The molecule has 0 spiro atoms. The van der Waals surface area contributed by atoms with E-state index in [1.165, 1.54) is 0 Å². The molecule has 146 valence electrons. The molecule has 27 heavy (non-hydrogen) atoms. The molecule has 0 aliphatic carbocycles. The Morgan fingerprint density at radius 2 is 1.74 bits per heavy atom. The summed E-state index contributed by atoms with van der Waals surface area (Å²) in [6.07, 6.45) is 0.620. The van der Waals surface area contributed by atoms with Gasteiger partial charge in [-0.2, -0.15) is 0 Å². The van der Waals surface area contributed by atoms with E-state index in [1.807, 2.05) is 19.9 Å². The van der Waals surface area contributed by atoms with E-state index >= 15 is 0 Å². The summed E-state index contributed by atoms with van der Waals surface area (Å²) in [5.41, 5.74) is 2.81. The lowest BCUT2D eigenvalue weighted by Crippen LogP contribution is -2.31. The first-order valence-electron chi connectivity index (χ1n) is 8.46. The number of carbonyl (C=O) groups excluding carboxylic acids is 1. The van der Waals surface area contributed by atoms with Gasteiger partial charge in [-0.05, 0) is 61.2 Å². The van der Waals surface area contributed by atoms with Gasteiger partial charge in [0.25, 0.3) is 0 Å². The Labute approximate surface area is 170 Å². The Morgan fingerprint density at radius 1 is 1.00 bits per heavy atom. The molecular formula is C19H22Cl2N2O3S. The van der Waals surface area contributed by atoms with Crippen molar-refractivity contribution in [3.05, 3.63) is 63.1 Å². The van der Waals surface area contributed by atoms with Crippen LogP contribution in [0.1, 0.15) is 23.1 Å². The molecule has 0 saturated carbocycles. The maximum absolute atomic E-state index is 12.3. The molecule has 0 saturated heterocycles. The summed E-state index contributed by atoms with van der Waals surface area (Å²) in [5.74, 6) is -0.233. The van der Waals surface area contributed by atoms with Gasteiger partial charge in [0.15, 0.2) is 0 Å². The molecule has 2 rings (SSSR count). The highest BCUT2D eigenvalue weighted by Crippen LogP contribution is 2.21. The second kappa shape index (κ2) is 9.55. The van der Waals surface area contributed by atoms with Gasteiger partial charge in [0.2, 0.25) is 15.9 Å². The van der Waals surface area contributed by atoms with Crippen molar-refractivity contribution < 1.29 is 13.2 Å². The summed E-state index contributed by atoms with van der Waals surface area (Å²) >= 11 is 11.9. The number of aryl methyl sites for hydroxylation is 2. The van der Waals surface area contributed by atoms with Crippen LogP contribution in [0.15, 0.2) is 41.3 Å². The summed E-state index contributed by atoms with van der Waals surface area (Å²) in [6, 6.07) is 10.1. The molecular weight excluding hydrogens is 407 g/mol. The van der Waals surface area contributed by atoms with Crippen molar-refractivity contribution in [2.24, 2.45) is 0 Å². The van der Waals surface area contributed by atoms with Crippen LogP contribution in [-0.4, -0.2) is 27.4 Å². The van der Waals surface area contributed by atoms with E-state index < -0.39 is 10.0 Å². The van der Waals surface area contributed by atoms with Crippen molar-refractivity contribution in [3.8, 4) is 0 Å². The molecule has 2 aromatic carbocycles. The lowest BCUT2D eigenvalue weighted by molar-refractivity contribution is -0.120. The zero-order chi connectivity index (χ0) is 20.0. The summed E-state index contributed by atoms with van der Waals surface area (Å²) in [6.45, 7) is 4.21. The van der Waals surface area contributed by atoms with Crippen LogP contribution in [0.3, 0.4) is 0 Å². The van der Waals surface area contributed by atoms with Gasteiger partial charge in [0.05, 0.1) is 4.90 Å². The Morgan fingerprint density at radius 3 is 2.41 bits per heavy atom. The van der Waals surface area contributed by atoms with Crippen LogP contribution in [-0.2, 0) is 21.2 Å². The van der Waals surface area contributed by atoms with Crippen LogP contribution in [0.4, 0.5) is 0 Å². The van der Waals surface area contributed by atoms with Crippen molar-refractivity contribution in [1.82, 2.24) is 10.0 Å². The summed E-state index contributed by atoms with van der Waals surface area (Å²) < 4.78 is 27.0. The van der Waals surface area contributed by atoms with Gasteiger partial charge in [-0.25, -0.2) is 13.1 Å². The Kier molecular flexibility index (Phi) is 7.68. The maximum Gasteiger partial charge on any atom is 0.240 e. The molecule has 0 unspecified atom stereocenters. The fourth-order valence-corrected chi connectivity index (χ4v) is 4.03. The number of hydrogen-bond donors (Lipinski definition) is 2. The summed E-state index contributed by atoms with van der Waals surface area (Å²) in [5, 5.41) is 3.86. The summed E-state index contributed by atoms with van der Waals surface area (Å²) in [4.78, 5) is 12.1. The van der Waals surface area contributed by atoms with Gasteiger partial charge in [0, 0.05) is 29.6 Å². The quantitative estimate of drug-likeness (QED) is 0.673. The van der Waals surface area contributed by atoms with Crippen molar-refractivity contribution >= 4 is 39.1 Å². The van der Waals surface area contributed by atoms with Gasteiger partial charge < -0.3 is 5.32 Å². The second-order valence-electron chi connectivity index (χ2n) is 6.23. The van der Waals surface area contributed by atoms with Gasteiger partial charge in [-0.15, -0.1) is 0 Å². The number of benzene rings is 2. The fraction of sp³-hybridized carbons (Fsp3) is 0.316. The average Bonchev–Trinajstić information content (AvgIpc) is 2.59. The van der Waals surface area contributed by atoms with Crippen LogP contribution in [0.5, 0.6) is 0 Å². The minimum atomic E-state index is -3.63. The van der Waals surface area contributed by atoms with Crippen LogP contribution >= 0.6 is 23.2 Å². The molecule has 1 amide bonds. The SMILES string of the molecule is Cc1ccc(S(=O)(=O)NCCC(=O)NCCc2ccc(Cl)cc2Cl)cc1C. The number of carbonyl (C=O) groups is 1. The fourth-order valence-electron chi connectivity index (χ4n) is 2.41. The first kappa shape index (κ1) is 21.7. The molecule has 0 fully saturated rings. The number of amides is 1. The van der Waals surface area contributed by atoms with Crippen molar-refractivity contribution in [2.45, 2.75) is 31.6 Å². The van der Waals surface area contributed by atoms with E-state index in [9.17, 15) is 13.2 Å². The molecule has 0 aliphatic heterocycles. The summed E-state index contributed by atoms with van der Waals surface area (Å²) in [7, 11) is -3.63. The number of sulfonamides is 1. The van der Waals surface area contributed by atoms with Crippen molar-refractivity contribution in [3.63, 3.8) is 0 Å². The minimum Gasteiger partial charge on any atom is -0.356 e. The van der Waals surface area contributed by atoms with Crippen LogP contribution < -0.4 is 10.0 Å². The molecule has 5 nitrogen and oxygen atoms in total. The van der Waals surface area contributed by atoms with Crippen LogP contribution in [0.2, 0.25) is 10.0 Å². The van der Waals surface area contributed by atoms with Crippen molar-refractivity contribution in [1.29, 1.82) is 0 Å². The molecule has 2 aromatic rings. The Hall–Kier alpha value is -1.60. The number of nitrogens with one attached hydrogen (secondary N) is 2. The minimum absolute atomic E-state index is 0.0305. The van der Waals surface area contributed by atoms with Gasteiger partial charge in [0.1, 0.15) is 0 Å². The molecule has 0 aromatic heterocycles. The third-order valence-electron chi connectivity index (χ3n) is 4.16. The van der Waals surface area contributed by atoms with E-state index in [1.54, 1.807) is 30.3 Å². The molecule has 8 heteroatoms. The lowest BCUT2D eigenvalue weighted by atomic mass is 10.1. The first-order valence-corrected chi connectivity index (χ1v) is 10.7. The van der Waals surface area contributed by atoms with E-state index in [0.717, 1.165) is 16.7 Å². The molecule has 0 radical (unpaired) electrons. The zero-order valence-electron chi connectivity index (χ0n) is 15.2. The highest BCUT2D eigenvalue weighted by atomic mass is 35.5. The van der Waals surface area contributed by atoms with Gasteiger partial charge in [-0.1, -0.05) is 35.3 Å². The normalized spacial score (nSPS) is 11.4. The Bertz CT molecular complexity index is 931. The highest BCUT2D eigenvalue weighted by molar-refractivity contribution is 7.89. The smallest absolute Gasteiger partial charge is 0.240 e.